The van der Waals surface area contributed by atoms with Crippen molar-refractivity contribution in [3.05, 3.63) is 11.1 Å². The molecule has 2 heterocycles. The molecule has 1 aromatic rings. The van der Waals surface area contributed by atoms with Gasteiger partial charge in [0.25, 0.3) is 0 Å². The van der Waals surface area contributed by atoms with E-state index >= 15 is 0 Å². The van der Waals surface area contributed by atoms with Crippen LogP contribution in [-0.4, -0.2) is 29.0 Å². The van der Waals surface area contributed by atoms with Gasteiger partial charge in [-0.2, -0.15) is 0 Å². The van der Waals surface area contributed by atoms with Crippen LogP contribution >= 0.6 is 11.3 Å². The molecule has 102 valence electrons. The Bertz CT molecular complexity index is 351. The lowest BCUT2D eigenvalue weighted by molar-refractivity contribution is 0.187. The van der Waals surface area contributed by atoms with E-state index in [1.165, 1.54) is 43.5 Å². The standard InChI is InChI=1S/C14H25N3S/c1-3-12-8-6-5-7-9-17(12)11-13-10-16-14(18-13)15-4-2/h10,12H,3-9,11H2,1-2H3,(H,15,16). The molecule has 1 aliphatic rings. The monoisotopic (exact) mass is 267 g/mol. The van der Waals surface area contributed by atoms with Crippen molar-refractivity contribution in [2.45, 2.75) is 58.5 Å². The third-order valence-corrected chi connectivity index (χ3v) is 4.65. The molecule has 1 fully saturated rings. The number of hydrogen-bond acceptors (Lipinski definition) is 4. The van der Waals surface area contributed by atoms with Gasteiger partial charge in [-0.15, -0.1) is 11.3 Å². The van der Waals surface area contributed by atoms with Gasteiger partial charge >= 0.3 is 0 Å². The summed E-state index contributed by atoms with van der Waals surface area (Å²) >= 11 is 1.81. The maximum Gasteiger partial charge on any atom is 0.182 e. The van der Waals surface area contributed by atoms with E-state index in [0.717, 1.165) is 24.3 Å². The summed E-state index contributed by atoms with van der Waals surface area (Å²) in [5, 5.41) is 4.36. The summed E-state index contributed by atoms with van der Waals surface area (Å²) in [6.45, 7) is 7.73. The van der Waals surface area contributed by atoms with E-state index < -0.39 is 0 Å². The van der Waals surface area contributed by atoms with Crippen LogP contribution in [0.2, 0.25) is 0 Å². The number of hydrogen-bond donors (Lipinski definition) is 1. The molecular formula is C14H25N3S. The van der Waals surface area contributed by atoms with Crippen molar-refractivity contribution in [3.63, 3.8) is 0 Å². The Morgan fingerprint density at radius 3 is 3.06 bits per heavy atom. The zero-order valence-corrected chi connectivity index (χ0v) is 12.4. The summed E-state index contributed by atoms with van der Waals surface area (Å²) in [5.41, 5.74) is 0. The summed E-state index contributed by atoms with van der Waals surface area (Å²) in [5.74, 6) is 0. The Morgan fingerprint density at radius 2 is 2.28 bits per heavy atom. The summed E-state index contributed by atoms with van der Waals surface area (Å²) in [7, 11) is 0. The van der Waals surface area contributed by atoms with Gasteiger partial charge in [-0.3, -0.25) is 4.90 Å². The van der Waals surface area contributed by atoms with Gasteiger partial charge in [0.05, 0.1) is 0 Å². The lowest BCUT2D eigenvalue weighted by atomic mass is 10.1. The summed E-state index contributed by atoms with van der Waals surface area (Å²) in [6.07, 6.45) is 8.85. The lowest BCUT2D eigenvalue weighted by Crippen LogP contribution is -2.33. The number of nitrogens with one attached hydrogen (secondary N) is 1. The first kappa shape index (κ1) is 13.8. The Kier molecular flexibility index (Phi) is 5.45. The molecule has 1 N–H and O–H groups in total. The molecule has 1 aliphatic heterocycles. The van der Waals surface area contributed by atoms with Crippen LogP contribution in [0.5, 0.6) is 0 Å². The zero-order chi connectivity index (χ0) is 12.8. The molecule has 2 rings (SSSR count). The van der Waals surface area contributed by atoms with Gasteiger partial charge in [-0.1, -0.05) is 19.8 Å². The highest BCUT2D eigenvalue weighted by molar-refractivity contribution is 7.15. The predicted octanol–water partition coefficient (Wildman–Crippen LogP) is 3.73. The van der Waals surface area contributed by atoms with Gasteiger partial charge in [0, 0.05) is 30.2 Å². The number of likely N-dealkylation sites (tertiary alicyclic amines) is 1. The van der Waals surface area contributed by atoms with Crippen molar-refractivity contribution in [1.82, 2.24) is 9.88 Å². The largest absolute Gasteiger partial charge is 0.362 e. The Hall–Kier alpha value is -0.610. The summed E-state index contributed by atoms with van der Waals surface area (Å²) in [4.78, 5) is 8.48. The first-order chi connectivity index (χ1) is 8.83. The fourth-order valence-corrected chi connectivity index (χ4v) is 3.63. The molecule has 1 unspecified atom stereocenters. The third-order valence-electron chi connectivity index (χ3n) is 3.71. The van der Waals surface area contributed by atoms with Crippen LogP contribution in [0.1, 0.15) is 50.8 Å². The molecule has 0 spiro atoms. The molecule has 0 amide bonds. The molecule has 0 aliphatic carbocycles. The summed E-state index contributed by atoms with van der Waals surface area (Å²) < 4.78 is 0. The molecule has 1 atom stereocenters. The minimum absolute atomic E-state index is 0.775. The minimum atomic E-state index is 0.775. The SMILES string of the molecule is CCNc1ncc(CN2CCCCCC2CC)s1. The van der Waals surface area contributed by atoms with Crippen molar-refractivity contribution >= 4 is 16.5 Å². The Balaban J connectivity index is 1.96. The van der Waals surface area contributed by atoms with E-state index in [0.29, 0.717) is 0 Å². The topological polar surface area (TPSA) is 28.2 Å². The normalized spacial score (nSPS) is 21.8. The van der Waals surface area contributed by atoms with Crippen molar-refractivity contribution < 1.29 is 0 Å². The number of rotatable bonds is 5. The average molecular weight is 267 g/mol. The van der Waals surface area contributed by atoms with Crippen LogP contribution in [0.3, 0.4) is 0 Å². The third kappa shape index (κ3) is 3.69. The van der Waals surface area contributed by atoms with Gasteiger partial charge in [0.1, 0.15) is 0 Å². The van der Waals surface area contributed by atoms with E-state index in [2.05, 4.69) is 29.0 Å². The summed E-state index contributed by atoms with van der Waals surface area (Å²) in [6, 6.07) is 0.775. The van der Waals surface area contributed by atoms with Crippen LogP contribution < -0.4 is 5.32 Å². The molecule has 18 heavy (non-hydrogen) atoms. The second-order valence-corrected chi connectivity index (χ2v) is 6.16. The van der Waals surface area contributed by atoms with E-state index in [9.17, 15) is 0 Å². The van der Waals surface area contributed by atoms with Crippen LogP contribution in [-0.2, 0) is 6.54 Å². The Labute approximate surface area is 115 Å². The highest BCUT2D eigenvalue weighted by Gasteiger charge is 2.20. The zero-order valence-electron chi connectivity index (χ0n) is 11.6. The minimum Gasteiger partial charge on any atom is -0.362 e. The smallest absolute Gasteiger partial charge is 0.182 e. The van der Waals surface area contributed by atoms with Crippen molar-refractivity contribution in [1.29, 1.82) is 0 Å². The van der Waals surface area contributed by atoms with Gasteiger partial charge in [0.2, 0.25) is 0 Å². The van der Waals surface area contributed by atoms with Gasteiger partial charge in [0.15, 0.2) is 5.13 Å². The van der Waals surface area contributed by atoms with Gasteiger partial charge < -0.3 is 5.32 Å². The molecule has 0 radical (unpaired) electrons. The van der Waals surface area contributed by atoms with Crippen LogP contribution in [0.4, 0.5) is 5.13 Å². The Morgan fingerprint density at radius 1 is 1.39 bits per heavy atom. The highest BCUT2D eigenvalue weighted by atomic mass is 32.1. The maximum absolute atomic E-state index is 4.43. The molecule has 1 saturated heterocycles. The second kappa shape index (κ2) is 7.10. The van der Waals surface area contributed by atoms with Crippen LogP contribution in [0, 0.1) is 0 Å². The fraction of sp³-hybridized carbons (Fsp3) is 0.786. The quantitative estimate of drug-likeness (QED) is 0.881. The molecule has 1 aromatic heterocycles. The average Bonchev–Trinajstić information content (AvgIpc) is 2.69. The number of aromatic nitrogens is 1. The first-order valence-electron chi connectivity index (χ1n) is 7.26. The molecule has 3 nitrogen and oxygen atoms in total. The number of anilines is 1. The fourth-order valence-electron chi connectivity index (χ4n) is 2.72. The lowest BCUT2D eigenvalue weighted by Gasteiger charge is -2.28. The van der Waals surface area contributed by atoms with Crippen molar-refractivity contribution in [2.75, 3.05) is 18.4 Å². The molecular weight excluding hydrogens is 242 g/mol. The van der Waals surface area contributed by atoms with E-state index in [4.69, 9.17) is 0 Å². The van der Waals surface area contributed by atoms with Gasteiger partial charge in [-0.25, -0.2) is 4.98 Å². The number of thiazole rings is 1. The maximum atomic E-state index is 4.43. The van der Waals surface area contributed by atoms with Gasteiger partial charge in [-0.05, 0) is 32.7 Å². The van der Waals surface area contributed by atoms with Crippen LogP contribution in [0.15, 0.2) is 6.20 Å². The second-order valence-electron chi connectivity index (χ2n) is 5.04. The molecule has 0 aromatic carbocycles. The van der Waals surface area contributed by atoms with E-state index in [1.807, 2.05) is 6.20 Å². The van der Waals surface area contributed by atoms with E-state index in [-0.39, 0.29) is 0 Å². The molecule has 4 heteroatoms. The molecule has 0 saturated carbocycles. The van der Waals surface area contributed by atoms with Crippen LogP contribution in [0.25, 0.3) is 0 Å². The predicted molar refractivity (Wildman–Crippen MR) is 79.2 cm³/mol. The van der Waals surface area contributed by atoms with Crippen molar-refractivity contribution in [3.8, 4) is 0 Å². The first-order valence-corrected chi connectivity index (χ1v) is 8.07. The molecule has 0 bridgehead atoms. The van der Waals surface area contributed by atoms with E-state index in [1.54, 1.807) is 11.3 Å². The number of nitrogens with zero attached hydrogens (tertiary/aromatic N) is 2. The highest BCUT2D eigenvalue weighted by Crippen LogP contribution is 2.24. The van der Waals surface area contributed by atoms with Crippen molar-refractivity contribution in [2.24, 2.45) is 0 Å².